The number of amides is 1. The van der Waals surface area contributed by atoms with Gasteiger partial charge in [0.1, 0.15) is 11.3 Å². The Morgan fingerprint density at radius 1 is 1.15 bits per heavy atom. The molecule has 0 aliphatic carbocycles. The number of hydrogen-bond acceptors (Lipinski definition) is 4. The molecule has 1 amide bonds. The van der Waals surface area contributed by atoms with Gasteiger partial charge in [0.15, 0.2) is 0 Å². The third-order valence-electron chi connectivity index (χ3n) is 4.16. The fraction of sp³-hybridized carbons (Fsp3) is 0.222. The van der Waals surface area contributed by atoms with Gasteiger partial charge in [-0.25, -0.2) is 17.7 Å². The fourth-order valence-electron chi connectivity index (χ4n) is 2.55. The molecule has 8 heteroatoms. The average Bonchev–Trinajstić information content (AvgIpc) is 3.02. The highest BCUT2D eigenvalue weighted by atomic mass is 32.2. The summed E-state index contributed by atoms with van der Waals surface area (Å²) in [5.41, 5.74) is 3.10. The number of rotatable bonds is 4. The van der Waals surface area contributed by atoms with Crippen molar-refractivity contribution in [3.63, 3.8) is 0 Å². The number of benzene rings is 1. The maximum absolute atomic E-state index is 12.6. The zero-order valence-electron chi connectivity index (χ0n) is 15.0. The number of nitrogens with one attached hydrogen (secondary N) is 1. The van der Waals surface area contributed by atoms with Crippen LogP contribution in [0.4, 0.5) is 5.69 Å². The smallest absolute Gasteiger partial charge is 0.275 e. The van der Waals surface area contributed by atoms with Gasteiger partial charge in [-0.3, -0.25) is 4.79 Å². The van der Waals surface area contributed by atoms with E-state index in [9.17, 15) is 13.2 Å². The topological polar surface area (TPSA) is 83.8 Å². The van der Waals surface area contributed by atoms with Crippen molar-refractivity contribution in [1.29, 1.82) is 0 Å². The molecule has 0 radical (unpaired) electrons. The Labute approximate surface area is 152 Å². The molecule has 0 saturated carbocycles. The standard InChI is InChI=1S/C18H20N4O3S/c1-12-8-9-14(26(24,25)21(3)4)10-15(12)20-18(23)16-11-22-13(2)6-5-7-17(22)19-16/h5-11H,1-4H3,(H,20,23). The van der Waals surface area contributed by atoms with Crippen molar-refractivity contribution < 1.29 is 13.2 Å². The van der Waals surface area contributed by atoms with Crippen molar-refractivity contribution in [1.82, 2.24) is 13.7 Å². The highest BCUT2D eigenvalue weighted by Gasteiger charge is 2.19. The largest absolute Gasteiger partial charge is 0.320 e. The summed E-state index contributed by atoms with van der Waals surface area (Å²) in [6.07, 6.45) is 1.66. The number of carbonyl (C=O) groups excluding carboxylic acids is 1. The molecule has 1 aromatic carbocycles. The Hall–Kier alpha value is -2.71. The SMILES string of the molecule is Cc1ccc(S(=O)(=O)N(C)C)cc1NC(=O)c1cn2c(C)cccc2n1. The van der Waals surface area contributed by atoms with E-state index in [4.69, 9.17) is 0 Å². The highest BCUT2D eigenvalue weighted by molar-refractivity contribution is 7.89. The number of sulfonamides is 1. The van der Waals surface area contributed by atoms with Crippen LogP contribution < -0.4 is 5.32 Å². The first-order valence-electron chi connectivity index (χ1n) is 7.99. The first-order valence-corrected chi connectivity index (χ1v) is 9.43. The van der Waals surface area contributed by atoms with Crippen LogP contribution in [0.25, 0.3) is 5.65 Å². The first kappa shape index (κ1) is 18.1. The maximum Gasteiger partial charge on any atom is 0.275 e. The zero-order valence-corrected chi connectivity index (χ0v) is 15.8. The number of nitrogens with zero attached hydrogens (tertiary/aromatic N) is 3. The molecule has 136 valence electrons. The molecule has 0 unspecified atom stereocenters. The molecule has 26 heavy (non-hydrogen) atoms. The van der Waals surface area contributed by atoms with E-state index < -0.39 is 15.9 Å². The van der Waals surface area contributed by atoms with Gasteiger partial charge in [0.25, 0.3) is 5.91 Å². The van der Waals surface area contributed by atoms with E-state index in [1.807, 2.05) is 29.5 Å². The molecule has 3 rings (SSSR count). The van der Waals surface area contributed by atoms with Gasteiger partial charge in [0, 0.05) is 31.7 Å². The van der Waals surface area contributed by atoms with Crippen LogP contribution in [0.2, 0.25) is 0 Å². The molecule has 2 aromatic heterocycles. The van der Waals surface area contributed by atoms with Gasteiger partial charge >= 0.3 is 0 Å². The van der Waals surface area contributed by atoms with Gasteiger partial charge in [-0.1, -0.05) is 12.1 Å². The molecule has 3 aromatic rings. The number of anilines is 1. The fourth-order valence-corrected chi connectivity index (χ4v) is 3.48. The van der Waals surface area contributed by atoms with Crippen molar-refractivity contribution in [3.05, 3.63) is 59.5 Å². The lowest BCUT2D eigenvalue weighted by atomic mass is 10.2. The lowest BCUT2D eigenvalue weighted by Gasteiger charge is -2.14. The minimum absolute atomic E-state index is 0.120. The summed E-state index contributed by atoms with van der Waals surface area (Å²) in [7, 11) is -0.651. The predicted molar refractivity (Wildman–Crippen MR) is 99.9 cm³/mol. The number of carbonyl (C=O) groups is 1. The normalized spacial score (nSPS) is 11.9. The second-order valence-corrected chi connectivity index (χ2v) is 8.39. The van der Waals surface area contributed by atoms with Crippen LogP contribution in [0.15, 0.2) is 47.5 Å². The van der Waals surface area contributed by atoms with Crippen LogP contribution in [0.1, 0.15) is 21.7 Å². The van der Waals surface area contributed by atoms with Crippen LogP contribution in [-0.4, -0.2) is 42.1 Å². The second kappa shape index (κ2) is 6.54. The molecule has 0 spiro atoms. The number of aryl methyl sites for hydroxylation is 2. The summed E-state index contributed by atoms with van der Waals surface area (Å²) in [5.74, 6) is -0.393. The van der Waals surface area contributed by atoms with Crippen molar-refractivity contribution in [3.8, 4) is 0 Å². The monoisotopic (exact) mass is 372 g/mol. The molecule has 0 fully saturated rings. The Bertz CT molecular complexity index is 1100. The Morgan fingerprint density at radius 2 is 1.88 bits per heavy atom. The van der Waals surface area contributed by atoms with Gasteiger partial charge in [0.2, 0.25) is 10.0 Å². The second-order valence-electron chi connectivity index (χ2n) is 6.24. The van der Waals surface area contributed by atoms with Crippen LogP contribution in [0, 0.1) is 13.8 Å². The van der Waals surface area contributed by atoms with E-state index in [2.05, 4.69) is 10.3 Å². The van der Waals surface area contributed by atoms with Crippen LogP contribution in [0.3, 0.4) is 0 Å². The molecule has 0 aliphatic rings. The van der Waals surface area contributed by atoms with E-state index in [0.29, 0.717) is 11.3 Å². The maximum atomic E-state index is 12.6. The van der Waals surface area contributed by atoms with E-state index >= 15 is 0 Å². The van der Waals surface area contributed by atoms with Gasteiger partial charge in [-0.2, -0.15) is 0 Å². The van der Waals surface area contributed by atoms with Gasteiger partial charge in [0.05, 0.1) is 4.90 Å². The third kappa shape index (κ3) is 3.21. The molecular weight excluding hydrogens is 352 g/mol. The third-order valence-corrected chi connectivity index (χ3v) is 5.98. The van der Waals surface area contributed by atoms with E-state index in [1.165, 1.54) is 26.2 Å². The van der Waals surface area contributed by atoms with E-state index in [-0.39, 0.29) is 10.6 Å². The average molecular weight is 372 g/mol. The molecule has 0 aliphatic heterocycles. The van der Waals surface area contributed by atoms with Crippen molar-refractivity contribution >= 4 is 27.3 Å². The highest BCUT2D eigenvalue weighted by Crippen LogP contribution is 2.22. The van der Waals surface area contributed by atoms with Crippen molar-refractivity contribution in [2.24, 2.45) is 0 Å². The first-order chi connectivity index (χ1) is 12.2. The molecule has 7 nitrogen and oxygen atoms in total. The van der Waals surface area contributed by atoms with E-state index in [0.717, 1.165) is 15.6 Å². The zero-order chi connectivity index (χ0) is 19.1. The Balaban J connectivity index is 1.95. The minimum Gasteiger partial charge on any atom is -0.320 e. The summed E-state index contributed by atoms with van der Waals surface area (Å²) in [6, 6.07) is 10.3. The van der Waals surface area contributed by atoms with Gasteiger partial charge < -0.3 is 9.72 Å². The molecule has 0 bridgehead atoms. The van der Waals surface area contributed by atoms with Crippen LogP contribution in [-0.2, 0) is 10.0 Å². The number of imidazole rings is 1. The van der Waals surface area contributed by atoms with Crippen LogP contribution in [0.5, 0.6) is 0 Å². The molecule has 0 saturated heterocycles. The molecular formula is C18H20N4O3S. The number of aromatic nitrogens is 2. The molecule has 0 atom stereocenters. The lowest BCUT2D eigenvalue weighted by molar-refractivity contribution is 0.102. The number of fused-ring (bicyclic) bond motifs is 1. The number of hydrogen-bond donors (Lipinski definition) is 1. The summed E-state index contributed by atoms with van der Waals surface area (Å²) < 4.78 is 27.6. The van der Waals surface area contributed by atoms with Crippen LogP contribution >= 0.6 is 0 Å². The molecule has 1 N–H and O–H groups in total. The Morgan fingerprint density at radius 3 is 2.54 bits per heavy atom. The van der Waals surface area contributed by atoms with E-state index in [1.54, 1.807) is 19.2 Å². The number of pyridine rings is 1. The van der Waals surface area contributed by atoms with Crippen molar-refractivity contribution in [2.75, 3.05) is 19.4 Å². The summed E-state index contributed by atoms with van der Waals surface area (Å²) >= 11 is 0. The van der Waals surface area contributed by atoms with Gasteiger partial charge in [-0.15, -0.1) is 0 Å². The summed E-state index contributed by atoms with van der Waals surface area (Å²) in [5, 5.41) is 2.76. The lowest BCUT2D eigenvalue weighted by Crippen LogP contribution is -2.22. The molecule has 2 heterocycles. The van der Waals surface area contributed by atoms with Gasteiger partial charge in [-0.05, 0) is 43.7 Å². The predicted octanol–water partition coefficient (Wildman–Crippen LogP) is 2.45. The summed E-state index contributed by atoms with van der Waals surface area (Å²) in [4.78, 5) is 17.0. The quantitative estimate of drug-likeness (QED) is 0.762. The summed E-state index contributed by atoms with van der Waals surface area (Å²) in [6.45, 7) is 3.73. The Kier molecular flexibility index (Phi) is 4.55. The van der Waals surface area contributed by atoms with Crippen molar-refractivity contribution in [2.45, 2.75) is 18.7 Å². The minimum atomic E-state index is -3.58.